The number of allylic oxidation sites excluding steroid dienone is 1. The van der Waals surface area contributed by atoms with E-state index >= 15 is 0 Å². The Labute approximate surface area is 551 Å². The number of fused-ring (bicyclic) bond motifs is 4. The van der Waals surface area contributed by atoms with Gasteiger partial charge in [-0.2, -0.15) is 0 Å². The van der Waals surface area contributed by atoms with E-state index in [1.54, 1.807) is 5.57 Å². The molecule has 0 spiro atoms. The Kier molecular flexibility index (Phi) is 52.7. The zero-order chi connectivity index (χ0) is 69.1. The van der Waals surface area contributed by atoms with Crippen molar-refractivity contribution in [2.75, 3.05) is 42.1 Å². The molecule has 0 saturated heterocycles. The van der Waals surface area contributed by atoms with Crippen molar-refractivity contribution in [1.82, 2.24) is 41.2 Å². The van der Waals surface area contributed by atoms with Crippen LogP contribution in [0.2, 0.25) is 0 Å². The molecule has 18 nitrogen and oxygen atoms in total. The van der Waals surface area contributed by atoms with Crippen molar-refractivity contribution in [3.05, 3.63) is 75.3 Å². The molecule has 1 fully saturated rings. The van der Waals surface area contributed by atoms with E-state index in [-0.39, 0.29) is 0 Å². The van der Waals surface area contributed by atoms with E-state index in [0.717, 1.165) is 138 Å². The first-order chi connectivity index (χ1) is 43.5. The maximum Gasteiger partial charge on any atom is 0.140 e. The summed E-state index contributed by atoms with van der Waals surface area (Å²) in [6.45, 7) is 64.5. The van der Waals surface area contributed by atoms with Gasteiger partial charge in [0.15, 0.2) is 0 Å². The molecule has 3 aromatic rings. The van der Waals surface area contributed by atoms with Gasteiger partial charge in [-0.25, -0.2) is 15.0 Å². The fourth-order valence-corrected chi connectivity index (χ4v) is 9.52. The van der Waals surface area contributed by atoms with Gasteiger partial charge in [0, 0.05) is 71.7 Å². The molecule has 12 rings (SSSR count). The fraction of sp³-hybridized carbons (Fsp3) is 0.681. The first kappa shape index (κ1) is 87.6. The molecule has 1 saturated carbocycles. The highest BCUT2D eigenvalue weighted by molar-refractivity contribution is 5.96. The molecule has 2 aliphatic carbocycles. The molecule has 512 valence electrons. The van der Waals surface area contributed by atoms with E-state index in [0.29, 0.717) is 18.6 Å². The number of nitrogens with zero attached hydrogens (tertiary/aromatic N) is 11. The minimum Gasteiger partial charge on any atom is -0.374 e. The zero-order valence-electron chi connectivity index (χ0n) is 62.9. The van der Waals surface area contributed by atoms with Crippen LogP contribution in [0.4, 0.5) is 17.3 Å². The summed E-state index contributed by atoms with van der Waals surface area (Å²) in [6.07, 6.45) is 13.8. The van der Waals surface area contributed by atoms with Gasteiger partial charge in [-0.3, -0.25) is 39.9 Å². The second kappa shape index (κ2) is 54.2. The SMILES string of the molecule is CC.CC.CC.CC.CC.CC.CC.CC.CC1=NC(C)C(C)N1.CC1=NCC2=C(CCCC2)N1.CC1=NCC2CCCCC2N1.CC1=NCCCN1.CC1=NCc2c(C)nc(C)nc2N1.CC1=NCc2ccc(C)nc2N1.CC1=NCc2ccnc(C)c2N1. The topological polar surface area (TPSA) is 222 Å². The van der Waals surface area contributed by atoms with E-state index in [1.165, 1.54) is 74.6 Å². The maximum absolute atomic E-state index is 4.42. The maximum atomic E-state index is 4.42. The third kappa shape index (κ3) is 34.6. The minimum absolute atomic E-state index is 0.468. The molecule has 0 radical (unpaired) electrons. The molecule has 0 amide bonds. The number of aliphatic imine (C=N–C) groups is 7. The number of amidine groups is 7. The first-order valence-electron chi connectivity index (χ1n) is 34.9. The lowest BCUT2D eigenvalue weighted by Crippen LogP contribution is -2.45. The number of anilines is 3. The van der Waals surface area contributed by atoms with Crippen molar-refractivity contribution in [1.29, 1.82) is 0 Å². The zero-order valence-corrected chi connectivity index (χ0v) is 62.9. The summed E-state index contributed by atoms with van der Waals surface area (Å²) in [5.74, 6) is 10.8. The van der Waals surface area contributed by atoms with Gasteiger partial charge in [0.2, 0.25) is 0 Å². The Morgan fingerprint density at radius 2 is 1.01 bits per heavy atom. The van der Waals surface area contributed by atoms with E-state index in [2.05, 4.69) is 119 Å². The van der Waals surface area contributed by atoms with Gasteiger partial charge in [0.05, 0.1) is 84.5 Å². The fourth-order valence-electron chi connectivity index (χ4n) is 9.52. The molecule has 7 aliphatic heterocycles. The molecule has 0 bridgehead atoms. The Morgan fingerprint density at radius 3 is 1.58 bits per heavy atom. The van der Waals surface area contributed by atoms with Crippen molar-refractivity contribution >= 4 is 58.2 Å². The van der Waals surface area contributed by atoms with Crippen molar-refractivity contribution in [3.63, 3.8) is 0 Å². The summed E-state index contributed by atoms with van der Waals surface area (Å²) >= 11 is 0. The molecule has 9 aliphatic rings. The van der Waals surface area contributed by atoms with Gasteiger partial charge in [0.1, 0.15) is 17.5 Å². The summed E-state index contributed by atoms with van der Waals surface area (Å²) in [4.78, 5) is 47.2. The first-order valence-corrected chi connectivity index (χ1v) is 34.9. The molecule has 4 unspecified atom stereocenters. The van der Waals surface area contributed by atoms with Crippen LogP contribution in [0.1, 0.15) is 270 Å². The molecule has 18 heteroatoms. The highest BCUT2D eigenvalue weighted by atomic mass is 15.1. The Bertz CT molecular complexity index is 2640. The number of aryl methyl sites for hydroxylation is 4. The largest absolute Gasteiger partial charge is 0.374 e. The second-order valence-electron chi connectivity index (χ2n) is 20.3. The van der Waals surface area contributed by atoms with Crippen LogP contribution in [0.25, 0.3) is 0 Å². The van der Waals surface area contributed by atoms with Crippen molar-refractivity contribution in [2.24, 2.45) is 40.9 Å². The van der Waals surface area contributed by atoms with Crippen molar-refractivity contribution in [3.8, 4) is 0 Å². The molecule has 0 aromatic carbocycles. The van der Waals surface area contributed by atoms with Gasteiger partial charge >= 0.3 is 0 Å². The number of aromatic nitrogens is 4. The summed E-state index contributed by atoms with van der Waals surface area (Å²) in [5.41, 5.74) is 10.7. The quantitative estimate of drug-likeness (QED) is 0.112. The second-order valence-corrected chi connectivity index (χ2v) is 20.3. The Balaban J connectivity index is -0.000000950. The van der Waals surface area contributed by atoms with Crippen LogP contribution in [-0.4, -0.2) is 105 Å². The number of rotatable bonds is 0. The molecular weight excluding hydrogens is 1120 g/mol. The molecule has 10 heterocycles. The van der Waals surface area contributed by atoms with Gasteiger partial charge < -0.3 is 37.2 Å². The normalized spacial score (nSPS) is 18.8. The highest BCUT2D eigenvalue weighted by Crippen LogP contribution is 2.28. The van der Waals surface area contributed by atoms with Gasteiger partial charge in [0.25, 0.3) is 0 Å². The Hall–Kier alpha value is -6.59. The highest BCUT2D eigenvalue weighted by Gasteiger charge is 2.27. The summed E-state index contributed by atoms with van der Waals surface area (Å²) < 4.78 is 0. The monoisotopic (exact) mass is 1250 g/mol. The van der Waals surface area contributed by atoms with E-state index in [4.69, 9.17) is 0 Å². The number of hydrogen-bond acceptors (Lipinski definition) is 18. The van der Waals surface area contributed by atoms with Crippen molar-refractivity contribution < 1.29 is 0 Å². The molecule has 7 N–H and O–H groups in total. The predicted molar refractivity (Wildman–Crippen MR) is 401 cm³/mol. The van der Waals surface area contributed by atoms with Crippen LogP contribution in [0.3, 0.4) is 0 Å². The van der Waals surface area contributed by atoms with E-state index in [9.17, 15) is 0 Å². The van der Waals surface area contributed by atoms with Crippen molar-refractivity contribution in [2.45, 2.75) is 296 Å². The molecular formula is C72H134N18. The lowest BCUT2D eigenvalue weighted by Gasteiger charge is -2.35. The average molecular weight is 1250 g/mol. The van der Waals surface area contributed by atoms with Crippen LogP contribution < -0.4 is 37.2 Å². The van der Waals surface area contributed by atoms with Crippen LogP contribution in [0, 0.1) is 33.6 Å². The van der Waals surface area contributed by atoms with Crippen LogP contribution in [0.5, 0.6) is 0 Å². The molecule has 3 aromatic heterocycles. The summed E-state index contributed by atoms with van der Waals surface area (Å²) in [7, 11) is 0. The lowest BCUT2D eigenvalue weighted by molar-refractivity contribution is 0.283. The Morgan fingerprint density at radius 1 is 0.444 bits per heavy atom. The van der Waals surface area contributed by atoms with Crippen LogP contribution in [0.15, 0.2) is 70.6 Å². The molecule has 90 heavy (non-hydrogen) atoms. The van der Waals surface area contributed by atoms with Crippen LogP contribution in [-0.2, 0) is 19.6 Å². The average Bonchev–Trinajstić information content (AvgIpc) is 2.26. The number of nitrogens with one attached hydrogen (secondary N) is 7. The van der Waals surface area contributed by atoms with Gasteiger partial charge in [-0.05, 0) is 159 Å². The lowest BCUT2D eigenvalue weighted by atomic mass is 9.84. The smallest absolute Gasteiger partial charge is 0.140 e. The standard InChI is InChI=1S/C9H12N4.2C9H11N3.C9H16N2.C9H14N2.C6H12N2.C5H10N2.8C2H6/c1-5-8-4-10-6(2)12-9(8)13-7(3)11-5;1-6-9-8(3-4-10-6)5-11-7(2)12-9;1-6-3-4-8-5-10-7(2)12-9(8)11-6;2*1-7-10-6-8-4-2-3-5-9(8)11-7;1-4-5(2)8-6(3)7-4;1-5-6-3-2-4-7-5;8*1-2/h4H2,1-3H3,(H,10,11,12,13);3-4H,5H2,1-2H3,(H,11,12);3-4H,5H2,1-2H3,(H,10,11,12);8-9H,2-6H2,1H3,(H,10,11);2-6H2,1H3,(H,10,11);4-5H,1-3H3,(H,7,8);2-4H2,1H3,(H,6,7);8*1-2H3. The third-order valence-electron chi connectivity index (χ3n) is 13.9. The van der Waals surface area contributed by atoms with Crippen LogP contribution >= 0.6 is 0 Å². The molecule has 4 atom stereocenters. The minimum atomic E-state index is 0.468. The predicted octanol–water partition coefficient (Wildman–Crippen LogP) is 17.7. The van der Waals surface area contributed by atoms with E-state index < -0.39 is 0 Å². The number of pyridine rings is 2. The van der Waals surface area contributed by atoms with Gasteiger partial charge in [-0.15, -0.1) is 0 Å². The summed E-state index contributed by atoms with van der Waals surface area (Å²) in [6, 6.07) is 7.84. The number of hydrogen-bond donors (Lipinski definition) is 7. The van der Waals surface area contributed by atoms with Gasteiger partial charge in [-0.1, -0.05) is 130 Å². The van der Waals surface area contributed by atoms with E-state index in [1.807, 2.05) is 198 Å². The third-order valence-corrected chi connectivity index (χ3v) is 13.9. The summed E-state index contributed by atoms with van der Waals surface area (Å²) in [5, 5.41) is 22.7.